The zero-order valence-electron chi connectivity index (χ0n) is 12.3. The zero-order valence-corrected chi connectivity index (χ0v) is 12.3. The Balaban J connectivity index is 2.19. The highest BCUT2D eigenvalue weighted by Crippen LogP contribution is 2.29. The maximum atomic E-state index is 11.9. The Bertz CT molecular complexity index is 636. The molecule has 0 aromatic heterocycles. The van der Waals surface area contributed by atoms with E-state index in [2.05, 4.69) is 0 Å². The molecule has 0 atom stereocenters. The molecule has 2 aromatic carbocycles. The van der Waals surface area contributed by atoms with Crippen molar-refractivity contribution in [3.63, 3.8) is 0 Å². The molecule has 0 fully saturated rings. The lowest BCUT2D eigenvalue weighted by Gasteiger charge is -2.13. The first kappa shape index (κ1) is 14.7. The molecule has 0 bridgehead atoms. The van der Waals surface area contributed by atoms with Gasteiger partial charge in [0.1, 0.15) is 17.2 Å². The van der Waals surface area contributed by atoms with Crippen LogP contribution in [0, 0.1) is 0 Å². The Kier molecular flexibility index (Phi) is 4.33. The third-order valence-corrected chi connectivity index (χ3v) is 2.95. The van der Waals surface area contributed by atoms with Crippen molar-refractivity contribution in [2.75, 3.05) is 26.9 Å². The molecule has 0 aliphatic rings. The minimum atomic E-state index is -0.0994. The number of amides is 1. The maximum Gasteiger partial charge on any atom is 0.253 e. The first-order valence-electron chi connectivity index (χ1n) is 6.44. The van der Waals surface area contributed by atoms with Crippen LogP contribution in [0.5, 0.6) is 17.2 Å². The fourth-order valence-electron chi connectivity index (χ4n) is 1.80. The summed E-state index contributed by atoms with van der Waals surface area (Å²) < 4.78 is 10.8. The minimum absolute atomic E-state index is 0.0994. The molecule has 0 spiro atoms. The summed E-state index contributed by atoms with van der Waals surface area (Å²) in [5.74, 6) is 1.81. The van der Waals surface area contributed by atoms with Gasteiger partial charge in [0.25, 0.3) is 5.91 Å². The van der Waals surface area contributed by atoms with Crippen molar-refractivity contribution < 1.29 is 14.3 Å². The summed E-state index contributed by atoms with van der Waals surface area (Å²) in [6, 6.07) is 12.2. The monoisotopic (exact) mass is 286 g/mol. The minimum Gasteiger partial charge on any atom is -0.497 e. The van der Waals surface area contributed by atoms with Crippen LogP contribution in [0.2, 0.25) is 0 Å². The van der Waals surface area contributed by atoms with Gasteiger partial charge in [0.15, 0.2) is 0 Å². The number of nitrogen functional groups attached to an aromatic ring is 1. The van der Waals surface area contributed by atoms with Crippen LogP contribution in [0.4, 0.5) is 5.69 Å². The number of ether oxygens (including phenoxy) is 2. The highest BCUT2D eigenvalue weighted by molar-refractivity contribution is 5.95. The van der Waals surface area contributed by atoms with Crippen LogP contribution in [0.3, 0.4) is 0 Å². The average molecular weight is 286 g/mol. The van der Waals surface area contributed by atoms with Crippen molar-refractivity contribution in [3.05, 3.63) is 48.0 Å². The predicted molar refractivity (Wildman–Crippen MR) is 81.9 cm³/mol. The van der Waals surface area contributed by atoms with E-state index >= 15 is 0 Å². The SMILES string of the molecule is COc1ccc(Oc2ccc(C(=O)N(C)C)cc2N)cc1. The fraction of sp³-hybridized carbons (Fsp3) is 0.188. The van der Waals surface area contributed by atoms with Crippen LogP contribution >= 0.6 is 0 Å². The molecular weight excluding hydrogens is 268 g/mol. The van der Waals surface area contributed by atoms with E-state index in [9.17, 15) is 4.79 Å². The average Bonchev–Trinajstić information content (AvgIpc) is 2.49. The third-order valence-electron chi connectivity index (χ3n) is 2.95. The molecule has 2 aromatic rings. The largest absolute Gasteiger partial charge is 0.497 e. The summed E-state index contributed by atoms with van der Waals surface area (Å²) >= 11 is 0. The molecule has 2 N–H and O–H groups in total. The lowest BCUT2D eigenvalue weighted by molar-refractivity contribution is 0.0827. The molecule has 110 valence electrons. The second-order valence-corrected chi connectivity index (χ2v) is 4.73. The lowest BCUT2D eigenvalue weighted by atomic mass is 10.1. The van der Waals surface area contributed by atoms with Crippen molar-refractivity contribution in [3.8, 4) is 17.2 Å². The number of nitrogens with two attached hydrogens (primary N) is 1. The Morgan fingerprint density at radius 3 is 2.19 bits per heavy atom. The van der Waals surface area contributed by atoms with Crippen LogP contribution in [-0.4, -0.2) is 32.0 Å². The van der Waals surface area contributed by atoms with Gasteiger partial charge in [0.2, 0.25) is 0 Å². The van der Waals surface area contributed by atoms with Crippen molar-refractivity contribution in [2.45, 2.75) is 0 Å². The van der Waals surface area contributed by atoms with Gasteiger partial charge in [-0.25, -0.2) is 0 Å². The number of methoxy groups -OCH3 is 1. The van der Waals surface area contributed by atoms with Gasteiger partial charge in [-0.05, 0) is 42.5 Å². The van der Waals surface area contributed by atoms with Gasteiger partial charge in [-0.2, -0.15) is 0 Å². The molecule has 0 radical (unpaired) electrons. The van der Waals surface area contributed by atoms with Gasteiger partial charge >= 0.3 is 0 Å². The van der Waals surface area contributed by atoms with E-state index in [0.29, 0.717) is 22.7 Å². The van der Waals surface area contributed by atoms with Crippen molar-refractivity contribution in [1.29, 1.82) is 0 Å². The van der Waals surface area contributed by atoms with Gasteiger partial charge in [-0.1, -0.05) is 0 Å². The van der Waals surface area contributed by atoms with Gasteiger partial charge in [0, 0.05) is 19.7 Å². The van der Waals surface area contributed by atoms with E-state index in [4.69, 9.17) is 15.2 Å². The molecule has 0 heterocycles. The first-order chi connectivity index (χ1) is 10.0. The summed E-state index contributed by atoms with van der Waals surface area (Å²) in [5, 5.41) is 0. The lowest BCUT2D eigenvalue weighted by Crippen LogP contribution is -2.21. The molecule has 5 heteroatoms. The van der Waals surface area contributed by atoms with Gasteiger partial charge in [-0.3, -0.25) is 4.79 Å². The van der Waals surface area contributed by atoms with Crippen molar-refractivity contribution in [2.24, 2.45) is 0 Å². The summed E-state index contributed by atoms with van der Waals surface area (Å²) in [6.45, 7) is 0. The van der Waals surface area contributed by atoms with Crippen molar-refractivity contribution >= 4 is 11.6 Å². The maximum absolute atomic E-state index is 11.9. The van der Waals surface area contributed by atoms with E-state index in [-0.39, 0.29) is 5.91 Å². The summed E-state index contributed by atoms with van der Waals surface area (Å²) in [5.41, 5.74) is 6.89. The Labute approximate surface area is 123 Å². The Hall–Kier alpha value is -2.69. The smallest absolute Gasteiger partial charge is 0.253 e. The van der Waals surface area contributed by atoms with E-state index in [1.807, 2.05) is 0 Å². The topological polar surface area (TPSA) is 64.8 Å². The molecule has 1 amide bonds. The highest BCUT2D eigenvalue weighted by atomic mass is 16.5. The third kappa shape index (κ3) is 3.45. The predicted octanol–water partition coefficient (Wildman–Crippen LogP) is 2.77. The Morgan fingerprint density at radius 2 is 1.67 bits per heavy atom. The molecule has 21 heavy (non-hydrogen) atoms. The number of benzene rings is 2. The van der Waals surface area contributed by atoms with Crippen LogP contribution in [-0.2, 0) is 0 Å². The number of anilines is 1. The second-order valence-electron chi connectivity index (χ2n) is 4.73. The number of carbonyl (C=O) groups excluding carboxylic acids is 1. The molecule has 0 saturated carbocycles. The van der Waals surface area contributed by atoms with Gasteiger partial charge < -0.3 is 20.1 Å². The molecular formula is C16H18N2O3. The Morgan fingerprint density at radius 1 is 1.05 bits per heavy atom. The zero-order chi connectivity index (χ0) is 15.4. The molecule has 0 saturated heterocycles. The van der Waals surface area contributed by atoms with Crippen LogP contribution in [0.25, 0.3) is 0 Å². The molecule has 2 rings (SSSR count). The normalized spacial score (nSPS) is 10.0. The quantitative estimate of drug-likeness (QED) is 0.878. The number of carbonyl (C=O) groups is 1. The van der Waals surface area contributed by atoms with Crippen molar-refractivity contribution in [1.82, 2.24) is 4.90 Å². The fourth-order valence-corrected chi connectivity index (χ4v) is 1.80. The summed E-state index contributed by atoms with van der Waals surface area (Å²) in [6.07, 6.45) is 0. The van der Waals surface area contributed by atoms with Gasteiger partial charge in [-0.15, -0.1) is 0 Å². The van der Waals surface area contributed by atoms with E-state index in [1.165, 1.54) is 4.90 Å². The number of hydrogen-bond acceptors (Lipinski definition) is 4. The number of rotatable bonds is 4. The highest BCUT2D eigenvalue weighted by Gasteiger charge is 2.11. The second kappa shape index (κ2) is 6.17. The first-order valence-corrected chi connectivity index (χ1v) is 6.44. The molecule has 5 nitrogen and oxygen atoms in total. The molecule has 0 unspecified atom stereocenters. The van der Waals surface area contributed by atoms with Crippen LogP contribution < -0.4 is 15.2 Å². The number of hydrogen-bond donors (Lipinski definition) is 1. The van der Waals surface area contributed by atoms with Gasteiger partial charge in [0.05, 0.1) is 12.8 Å². The number of nitrogens with zero attached hydrogens (tertiary/aromatic N) is 1. The van der Waals surface area contributed by atoms with E-state index in [1.54, 1.807) is 63.7 Å². The summed E-state index contributed by atoms with van der Waals surface area (Å²) in [4.78, 5) is 13.4. The van der Waals surface area contributed by atoms with Crippen LogP contribution in [0.15, 0.2) is 42.5 Å². The standard InChI is InChI=1S/C16H18N2O3/c1-18(2)16(19)11-4-9-15(14(17)10-11)21-13-7-5-12(20-3)6-8-13/h4-10H,17H2,1-3H3. The van der Waals surface area contributed by atoms with E-state index < -0.39 is 0 Å². The molecule has 0 aliphatic carbocycles. The summed E-state index contributed by atoms with van der Waals surface area (Å²) in [7, 11) is 4.99. The van der Waals surface area contributed by atoms with Crippen LogP contribution in [0.1, 0.15) is 10.4 Å². The van der Waals surface area contributed by atoms with E-state index in [0.717, 1.165) is 5.75 Å². The molecule has 0 aliphatic heterocycles.